The maximum atomic E-state index is 9.30. The third-order valence-electron chi connectivity index (χ3n) is 3.22. The number of rotatable bonds is 5. The van der Waals surface area contributed by atoms with Gasteiger partial charge in [0.15, 0.2) is 0 Å². The molecule has 102 valence electrons. The monoisotopic (exact) mass is 277 g/mol. The van der Waals surface area contributed by atoms with Crippen molar-refractivity contribution in [2.75, 3.05) is 25.6 Å². The van der Waals surface area contributed by atoms with Gasteiger partial charge in [-0.15, -0.1) is 11.8 Å². The summed E-state index contributed by atoms with van der Waals surface area (Å²) in [7, 11) is 0. The molecule has 0 radical (unpaired) electrons. The summed E-state index contributed by atoms with van der Waals surface area (Å²) in [6, 6.07) is 8.09. The lowest BCUT2D eigenvalue weighted by Crippen LogP contribution is -2.21. The summed E-state index contributed by atoms with van der Waals surface area (Å²) >= 11 is 1.68. The van der Waals surface area contributed by atoms with Gasteiger partial charge >= 0.3 is 0 Å². The predicted molar refractivity (Wildman–Crippen MR) is 76.6 cm³/mol. The van der Waals surface area contributed by atoms with E-state index in [2.05, 4.69) is 13.0 Å². The van der Waals surface area contributed by atoms with Gasteiger partial charge in [-0.25, -0.2) is 0 Å². The summed E-state index contributed by atoms with van der Waals surface area (Å²) in [5.74, 6) is 2.22. The van der Waals surface area contributed by atoms with E-state index in [0.717, 1.165) is 36.7 Å². The van der Waals surface area contributed by atoms with Gasteiger partial charge < -0.3 is 9.47 Å². The summed E-state index contributed by atoms with van der Waals surface area (Å²) < 4.78 is 11.2. The van der Waals surface area contributed by atoms with Crippen molar-refractivity contribution in [2.45, 2.75) is 24.7 Å². The third kappa shape index (κ3) is 3.89. The summed E-state index contributed by atoms with van der Waals surface area (Å²) in [6.45, 7) is 4.41. The van der Waals surface area contributed by atoms with Crippen LogP contribution < -0.4 is 4.74 Å². The molecule has 2 rings (SSSR count). The first kappa shape index (κ1) is 14.2. The first-order chi connectivity index (χ1) is 9.35. The van der Waals surface area contributed by atoms with Crippen molar-refractivity contribution in [2.24, 2.45) is 5.92 Å². The molecule has 19 heavy (non-hydrogen) atoms. The SMILES string of the molecule is CCSc1cccc(OCC2CCOCC2)c1C#N. The van der Waals surface area contributed by atoms with Gasteiger partial charge in [0.1, 0.15) is 17.4 Å². The van der Waals surface area contributed by atoms with Crippen LogP contribution in [-0.4, -0.2) is 25.6 Å². The molecule has 1 aliphatic heterocycles. The number of ether oxygens (including phenoxy) is 2. The van der Waals surface area contributed by atoms with Crippen molar-refractivity contribution in [1.82, 2.24) is 0 Å². The Bertz CT molecular complexity index is 450. The van der Waals surface area contributed by atoms with Gasteiger partial charge in [-0.2, -0.15) is 5.26 Å². The van der Waals surface area contributed by atoms with Crippen molar-refractivity contribution >= 4 is 11.8 Å². The molecule has 1 saturated heterocycles. The van der Waals surface area contributed by atoms with Crippen molar-refractivity contribution in [3.63, 3.8) is 0 Å². The number of hydrogen-bond donors (Lipinski definition) is 0. The zero-order valence-electron chi connectivity index (χ0n) is 11.2. The Morgan fingerprint density at radius 1 is 1.42 bits per heavy atom. The molecule has 1 aliphatic rings. The van der Waals surface area contributed by atoms with Gasteiger partial charge in [-0.3, -0.25) is 0 Å². The molecule has 0 amide bonds. The molecule has 1 aromatic rings. The number of nitrogens with zero attached hydrogens (tertiary/aromatic N) is 1. The van der Waals surface area contributed by atoms with Gasteiger partial charge in [0.2, 0.25) is 0 Å². The lowest BCUT2D eigenvalue weighted by molar-refractivity contribution is 0.0497. The van der Waals surface area contributed by atoms with Crippen LogP contribution in [0, 0.1) is 17.2 Å². The molecule has 1 aromatic carbocycles. The van der Waals surface area contributed by atoms with E-state index in [-0.39, 0.29) is 0 Å². The molecule has 0 atom stereocenters. The zero-order valence-corrected chi connectivity index (χ0v) is 12.0. The highest BCUT2D eigenvalue weighted by molar-refractivity contribution is 7.99. The van der Waals surface area contributed by atoms with Crippen LogP contribution in [0.3, 0.4) is 0 Å². The van der Waals surface area contributed by atoms with Crippen molar-refractivity contribution < 1.29 is 9.47 Å². The molecule has 0 aliphatic carbocycles. The number of hydrogen-bond acceptors (Lipinski definition) is 4. The quantitative estimate of drug-likeness (QED) is 0.773. The van der Waals surface area contributed by atoms with E-state index >= 15 is 0 Å². The van der Waals surface area contributed by atoms with Gasteiger partial charge in [-0.05, 0) is 36.6 Å². The van der Waals surface area contributed by atoms with E-state index in [9.17, 15) is 5.26 Å². The second-order valence-electron chi connectivity index (χ2n) is 4.54. The van der Waals surface area contributed by atoms with Gasteiger partial charge in [0.05, 0.1) is 6.61 Å². The Hall–Kier alpha value is -1.18. The minimum absolute atomic E-state index is 0.544. The molecule has 3 nitrogen and oxygen atoms in total. The molecule has 0 unspecified atom stereocenters. The van der Waals surface area contributed by atoms with Crippen LogP contribution in [-0.2, 0) is 4.74 Å². The molecule has 0 N–H and O–H groups in total. The minimum atomic E-state index is 0.544. The van der Waals surface area contributed by atoms with Gasteiger partial charge in [-0.1, -0.05) is 13.0 Å². The Balaban J connectivity index is 2.02. The Morgan fingerprint density at radius 3 is 2.89 bits per heavy atom. The Kier molecular flexibility index (Phi) is 5.56. The van der Waals surface area contributed by atoms with Crippen LogP contribution in [0.5, 0.6) is 5.75 Å². The molecule has 1 heterocycles. The fraction of sp³-hybridized carbons (Fsp3) is 0.533. The molecule has 0 spiro atoms. The standard InChI is InChI=1S/C15H19NO2S/c1-2-19-15-5-3-4-14(13(15)10-16)18-11-12-6-8-17-9-7-12/h3-5,12H,2,6-9,11H2,1H3. The lowest BCUT2D eigenvalue weighted by atomic mass is 10.0. The smallest absolute Gasteiger partial charge is 0.138 e. The topological polar surface area (TPSA) is 42.2 Å². The maximum absolute atomic E-state index is 9.30. The van der Waals surface area contributed by atoms with Crippen LogP contribution >= 0.6 is 11.8 Å². The Morgan fingerprint density at radius 2 is 2.21 bits per heavy atom. The predicted octanol–water partition coefficient (Wildman–Crippen LogP) is 3.48. The normalized spacial score (nSPS) is 16.0. The van der Waals surface area contributed by atoms with Crippen molar-refractivity contribution in [3.8, 4) is 11.8 Å². The van der Waals surface area contributed by atoms with E-state index < -0.39 is 0 Å². The molecule has 1 fully saturated rings. The average molecular weight is 277 g/mol. The third-order valence-corrected chi connectivity index (χ3v) is 4.15. The summed E-state index contributed by atoms with van der Waals surface area (Å²) in [6.07, 6.45) is 2.09. The largest absolute Gasteiger partial charge is 0.492 e. The van der Waals surface area contributed by atoms with E-state index in [0.29, 0.717) is 23.8 Å². The summed E-state index contributed by atoms with van der Waals surface area (Å²) in [5.41, 5.74) is 0.668. The molecule has 4 heteroatoms. The molecular formula is C15H19NO2S. The molecule has 0 saturated carbocycles. The van der Waals surface area contributed by atoms with Crippen molar-refractivity contribution in [3.05, 3.63) is 23.8 Å². The van der Waals surface area contributed by atoms with E-state index in [1.165, 1.54) is 0 Å². The lowest BCUT2D eigenvalue weighted by Gasteiger charge is -2.22. The summed E-state index contributed by atoms with van der Waals surface area (Å²) in [5, 5.41) is 9.30. The highest BCUT2D eigenvalue weighted by Gasteiger charge is 2.16. The van der Waals surface area contributed by atoms with Crippen LogP contribution in [0.25, 0.3) is 0 Å². The molecule has 0 bridgehead atoms. The van der Waals surface area contributed by atoms with Crippen LogP contribution in [0.1, 0.15) is 25.3 Å². The molecular weight excluding hydrogens is 258 g/mol. The summed E-state index contributed by atoms with van der Waals surface area (Å²) in [4.78, 5) is 1.01. The fourth-order valence-corrected chi connectivity index (χ4v) is 2.91. The number of thioether (sulfide) groups is 1. The maximum Gasteiger partial charge on any atom is 0.138 e. The first-order valence-corrected chi connectivity index (χ1v) is 7.70. The number of benzene rings is 1. The first-order valence-electron chi connectivity index (χ1n) is 6.71. The highest BCUT2D eigenvalue weighted by Crippen LogP contribution is 2.30. The average Bonchev–Trinajstić information content (AvgIpc) is 2.46. The van der Waals surface area contributed by atoms with Crippen LogP contribution in [0.2, 0.25) is 0 Å². The zero-order chi connectivity index (χ0) is 13.5. The van der Waals surface area contributed by atoms with Crippen LogP contribution in [0.15, 0.2) is 23.1 Å². The van der Waals surface area contributed by atoms with E-state index in [1.807, 2.05) is 18.2 Å². The van der Waals surface area contributed by atoms with Crippen molar-refractivity contribution in [1.29, 1.82) is 5.26 Å². The minimum Gasteiger partial charge on any atom is -0.492 e. The van der Waals surface area contributed by atoms with Crippen LogP contribution in [0.4, 0.5) is 0 Å². The van der Waals surface area contributed by atoms with Gasteiger partial charge in [0.25, 0.3) is 0 Å². The van der Waals surface area contributed by atoms with E-state index in [1.54, 1.807) is 11.8 Å². The van der Waals surface area contributed by atoms with Gasteiger partial charge in [0, 0.05) is 18.1 Å². The Labute approximate surface area is 118 Å². The fourth-order valence-electron chi connectivity index (χ4n) is 2.14. The second kappa shape index (κ2) is 7.42. The second-order valence-corrected chi connectivity index (χ2v) is 5.85. The highest BCUT2D eigenvalue weighted by atomic mass is 32.2. The number of nitriles is 1. The van der Waals surface area contributed by atoms with E-state index in [4.69, 9.17) is 9.47 Å². The molecule has 0 aromatic heterocycles.